The van der Waals surface area contributed by atoms with E-state index in [1.807, 2.05) is 6.07 Å². The summed E-state index contributed by atoms with van der Waals surface area (Å²) in [5.74, 6) is 2.14. The molecule has 0 aliphatic carbocycles. The van der Waals surface area contributed by atoms with E-state index in [0.717, 1.165) is 25.4 Å². The SMILES string of the molecule is CC1(C)CN(Cc2ccoc2CN)CCS1. The summed E-state index contributed by atoms with van der Waals surface area (Å²) in [6.07, 6.45) is 1.74. The normalized spacial score (nSPS) is 21.2. The summed E-state index contributed by atoms with van der Waals surface area (Å²) in [6.45, 7) is 8.36. The van der Waals surface area contributed by atoms with Crippen LogP contribution < -0.4 is 5.73 Å². The molecule has 3 nitrogen and oxygen atoms in total. The predicted octanol–water partition coefficient (Wildman–Crippen LogP) is 2.07. The summed E-state index contributed by atoms with van der Waals surface area (Å²) >= 11 is 2.06. The standard InChI is InChI=1S/C12H20N2OS/c1-12(2)9-14(4-6-16-12)8-10-3-5-15-11(10)7-13/h3,5H,4,6-9,13H2,1-2H3. The molecule has 2 heterocycles. The second-order valence-corrected chi connectivity index (χ2v) is 6.69. The Morgan fingerprint density at radius 2 is 2.38 bits per heavy atom. The fourth-order valence-electron chi connectivity index (χ4n) is 2.18. The van der Waals surface area contributed by atoms with Crippen LogP contribution in [0.5, 0.6) is 0 Å². The van der Waals surface area contributed by atoms with Crippen LogP contribution in [0.25, 0.3) is 0 Å². The van der Waals surface area contributed by atoms with E-state index in [0.29, 0.717) is 11.3 Å². The quantitative estimate of drug-likeness (QED) is 0.878. The summed E-state index contributed by atoms with van der Waals surface area (Å²) in [4.78, 5) is 2.49. The molecule has 0 unspecified atom stereocenters. The first kappa shape index (κ1) is 12.0. The lowest BCUT2D eigenvalue weighted by Gasteiger charge is -2.37. The third kappa shape index (κ3) is 2.81. The van der Waals surface area contributed by atoms with Gasteiger partial charge in [-0.15, -0.1) is 0 Å². The number of nitrogens with zero attached hydrogens (tertiary/aromatic N) is 1. The number of nitrogens with two attached hydrogens (primary N) is 1. The minimum absolute atomic E-state index is 0.366. The monoisotopic (exact) mass is 240 g/mol. The molecular weight excluding hydrogens is 220 g/mol. The van der Waals surface area contributed by atoms with Crippen LogP contribution in [0.3, 0.4) is 0 Å². The summed E-state index contributed by atoms with van der Waals surface area (Å²) in [5.41, 5.74) is 6.88. The molecule has 1 aliphatic rings. The molecule has 0 aromatic carbocycles. The van der Waals surface area contributed by atoms with Crippen molar-refractivity contribution in [1.29, 1.82) is 0 Å². The number of hydrogen-bond donors (Lipinski definition) is 1. The maximum Gasteiger partial charge on any atom is 0.121 e. The van der Waals surface area contributed by atoms with Gasteiger partial charge in [-0.25, -0.2) is 0 Å². The molecule has 16 heavy (non-hydrogen) atoms. The van der Waals surface area contributed by atoms with Gasteiger partial charge in [-0.1, -0.05) is 0 Å². The highest BCUT2D eigenvalue weighted by Gasteiger charge is 2.27. The van der Waals surface area contributed by atoms with E-state index in [2.05, 4.69) is 30.5 Å². The number of rotatable bonds is 3. The molecule has 0 atom stereocenters. The molecule has 0 radical (unpaired) electrons. The minimum Gasteiger partial charge on any atom is -0.468 e. The Kier molecular flexibility index (Phi) is 3.62. The topological polar surface area (TPSA) is 42.4 Å². The van der Waals surface area contributed by atoms with Gasteiger partial charge < -0.3 is 10.2 Å². The third-order valence-corrected chi connectivity index (χ3v) is 4.22. The molecule has 4 heteroatoms. The van der Waals surface area contributed by atoms with Crippen molar-refractivity contribution in [2.45, 2.75) is 31.7 Å². The molecule has 1 aromatic rings. The van der Waals surface area contributed by atoms with Crippen LogP contribution in [0.15, 0.2) is 16.7 Å². The van der Waals surface area contributed by atoms with Crippen LogP contribution in [0.4, 0.5) is 0 Å². The zero-order valence-corrected chi connectivity index (χ0v) is 10.8. The Labute approximate surface area is 101 Å². The zero-order chi connectivity index (χ0) is 11.6. The van der Waals surface area contributed by atoms with Crippen molar-refractivity contribution >= 4 is 11.8 Å². The van der Waals surface area contributed by atoms with Gasteiger partial charge in [0.25, 0.3) is 0 Å². The Hall–Kier alpha value is -0.450. The van der Waals surface area contributed by atoms with Gasteiger partial charge in [0.15, 0.2) is 0 Å². The summed E-state index contributed by atoms with van der Waals surface area (Å²) in [6, 6.07) is 2.04. The maximum absolute atomic E-state index is 5.64. The average molecular weight is 240 g/mol. The van der Waals surface area contributed by atoms with E-state index >= 15 is 0 Å². The highest BCUT2D eigenvalue weighted by molar-refractivity contribution is 8.00. The Morgan fingerprint density at radius 3 is 3.06 bits per heavy atom. The van der Waals surface area contributed by atoms with Gasteiger partial charge in [-0.3, -0.25) is 4.90 Å². The third-order valence-electron chi connectivity index (χ3n) is 2.92. The second-order valence-electron chi connectivity index (χ2n) is 4.89. The van der Waals surface area contributed by atoms with Crippen molar-refractivity contribution in [3.8, 4) is 0 Å². The molecule has 1 aromatic heterocycles. The first-order valence-corrected chi connectivity index (χ1v) is 6.71. The molecule has 1 fully saturated rings. The molecule has 0 bridgehead atoms. The van der Waals surface area contributed by atoms with E-state index in [9.17, 15) is 0 Å². The lowest BCUT2D eigenvalue weighted by molar-refractivity contribution is 0.250. The minimum atomic E-state index is 0.366. The van der Waals surface area contributed by atoms with Crippen LogP contribution >= 0.6 is 11.8 Å². The lowest BCUT2D eigenvalue weighted by atomic mass is 10.1. The number of thioether (sulfide) groups is 1. The smallest absolute Gasteiger partial charge is 0.121 e. The highest BCUT2D eigenvalue weighted by Crippen LogP contribution is 2.30. The van der Waals surface area contributed by atoms with Crippen molar-refractivity contribution < 1.29 is 4.42 Å². The van der Waals surface area contributed by atoms with E-state index < -0.39 is 0 Å². The van der Waals surface area contributed by atoms with Gasteiger partial charge in [0.05, 0.1) is 12.8 Å². The molecule has 0 amide bonds. The summed E-state index contributed by atoms with van der Waals surface area (Å²) < 4.78 is 5.72. The molecule has 2 N–H and O–H groups in total. The van der Waals surface area contributed by atoms with Crippen molar-refractivity contribution in [3.63, 3.8) is 0 Å². The number of furan rings is 1. The molecule has 90 valence electrons. The molecular formula is C12H20N2OS. The van der Waals surface area contributed by atoms with Gasteiger partial charge in [0.1, 0.15) is 5.76 Å². The van der Waals surface area contributed by atoms with E-state index in [1.54, 1.807) is 6.26 Å². The van der Waals surface area contributed by atoms with Gasteiger partial charge in [-0.05, 0) is 19.9 Å². The molecule has 0 spiro atoms. The second kappa shape index (κ2) is 4.82. The van der Waals surface area contributed by atoms with Crippen molar-refractivity contribution in [2.75, 3.05) is 18.8 Å². The maximum atomic E-state index is 5.64. The fourth-order valence-corrected chi connectivity index (χ4v) is 3.35. The zero-order valence-electron chi connectivity index (χ0n) is 10.0. The first-order chi connectivity index (χ1) is 7.61. The fraction of sp³-hybridized carbons (Fsp3) is 0.667. The van der Waals surface area contributed by atoms with Gasteiger partial charge in [0, 0.05) is 35.7 Å². The Morgan fingerprint density at radius 1 is 1.56 bits per heavy atom. The van der Waals surface area contributed by atoms with Crippen molar-refractivity contribution in [1.82, 2.24) is 4.90 Å². The van der Waals surface area contributed by atoms with Crippen molar-refractivity contribution in [2.24, 2.45) is 5.73 Å². The van der Waals surface area contributed by atoms with Crippen molar-refractivity contribution in [3.05, 3.63) is 23.7 Å². The summed E-state index contributed by atoms with van der Waals surface area (Å²) in [7, 11) is 0. The summed E-state index contributed by atoms with van der Waals surface area (Å²) in [5, 5.41) is 0. The lowest BCUT2D eigenvalue weighted by Crippen LogP contribution is -2.42. The van der Waals surface area contributed by atoms with Crippen LogP contribution in [-0.2, 0) is 13.1 Å². The highest BCUT2D eigenvalue weighted by atomic mass is 32.2. The van der Waals surface area contributed by atoms with Crippen LogP contribution in [0, 0.1) is 0 Å². The van der Waals surface area contributed by atoms with E-state index in [-0.39, 0.29) is 0 Å². The van der Waals surface area contributed by atoms with E-state index in [1.165, 1.54) is 11.3 Å². The molecule has 1 saturated heterocycles. The van der Waals surface area contributed by atoms with Crippen LogP contribution in [0.2, 0.25) is 0 Å². The Bertz CT molecular complexity index is 349. The number of hydrogen-bond acceptors (Lipinski definition) is 4. The molecule has 1 aliphatic heterocycles. The largest absolute Gasteiger partial charge is 0.468 e. The van der Waals surface area contributed by atoms with Crippen LogP contribution in [-0.4, -0.2) is 28.5 Å². The van der Waals surface area contributed by atoms with E-state index in [4.69, 9.17) is 10.2 Å². The molecule has 2 rings (SSSR count). The average Bonchev–Trinajstić information content (AvgIpc) is 2.63. The molecule has 0 saturated carbocycles. The predicted molar refractivity (Wildman–Crippen MR) is 68.4 cm³/mol. The van der Waals surface area contributed by atoms with Gasteiger partial charge in [-0.2, -0.15) is 11.8 Å². The Balaban J connectivity index is 1.99. The van der Waals surface area contributed by atoms with Gasteiger partial charge >= 0.3 is 0 Å². The first-order valence-electron chi connectivity index (χ1n) is 5.72. The van der Waals surface area contributed by atoms with Crippen LogP contribution in [0.1, 0.15) is 25.2 Å². The van der Waals surface area contributed by atoms with Gasteiger partial charge in [0.2, 0.25) is 0 Å².